The number of hydrogen-bond acceptors (Lipinski definition) is 4. The molecule has 0 saturated heterocycles. The molecule has 0 aromatic heterocycles. The minimum Gasteiger partial charge on any atom is -0.345 e. The molecule has 0 bridgehead atoms. The number of amides is 2. The SMILES string of the molecule is CC(=O)Nc1ccc(NS(C)(=O)=O)c(C(=O)NC(C)c2ccc(Br)cc2)c1. The van der Waals surface area contributed by atoms with E-state index in [0.717, 1.165) is 16.3 Å². The van der Waals surface area contributed by atoms with Crippen LogP contribution in [0, 0.1) is 0 Å². The van der Waals surface area contributed by atoms with Crippen LogP contribution in [0.3, 0.4) is 0 Å². The molecular formula is C18H20BrN3O4S. The Labute approximate surface area is 166 Å². The first-order valence-corrected chi connectivity index (χ1v) is 10.7. The first-order valence-electron chi connectivity index (χ1n) is 8.01. The Morgan fingerprint density at radius 3 is 2.26 bits per heavy atom. The van der Waals surface area contributed by atoms with Crippen molar-refractivity contribution in [2.45, 2.75) is 19.9 Å². The van der Waals surface area contributed by atoms with Crippen molar-refractivity contribution in [3.8, 4) is 0 Å². The summed E-state index contributed by atoms with van der Waals surface area (Å²) in [7, 11) is -3.58. The van der Waals surface area contributed by atoms with E-state index < -0.39 is 15.9 Å². The molecule has 0 saturated carbocycles. The van der Waals surface area contributed by atoms with Crippen LogP contribution in [-0.2, 0) is 14.8 Å². The fourth-order valence-electron chi connectivity index (χ4n) is 2.41. The maximum absolute atomic E-state index is 12.8. The van der Waals surface area contributed by atoms with Crippen molar-refractivity contribution in [3.05, 3.63) is 58.1 Å². The molecule has 2 aromatic rings. The lowest BCUT2D eigenvalue weighted by atomic mass is 10.1. The highest BCUT2D eigenvalue weighted by Crippen LogP contribution is 2.23. The molecule has 0 aliphatic carbocycles. The number of hydrogen-bond donors (Lipinski definition) is 3. The van der Waals surface area contributed by atoms with E-state index >= 15 is 0 Å². The summed E-state index contributed by atoms with van der Waals surface area (Å²) in [5.41, 5.74) is 1.52. The Balaban J connectivity index is 2.32. The highest BCUT2D eigenvalue weighted by Gasteiger charge is 2.18. The fourth-order valence-corrected chi connectivity index (χ4v) is 3.25. The van der Waals surface area contributed by atoms with Gasteiger partial charge < -0.3 is 10.6 Å². The van der Waals surface area contributed by atoms with Gasteiger partial charge in [-0.1, -0.05) is 28.1 Å². The molecule has 0 spiro atoms. The normalized spacial score (nSPS) is 12.1. The zero-order valence-electron chi connectivity index (χ0n) is 15.0. The Morgan fingerprint density at radius 2 is 1.70 bits per heavy atom. The average molecular weight is 454 g/mol. The molecule has 0 fully saturated rings. The molecule has 7 nitrogen and oxygen atoms in total. The summed E-state index contributed by atoms with van der Waals surface area (Å²) < 4.78 is 26.4. The number of carbonyl (C=O) groups is 2. The predicted octanol–water partition coefficient (Wildman–Crippen LogP) is 3.27. The van der Waals surface area contributed by atoms with Crippen LogP contribution < -0.4 is 15.4 Å². The second-order valence-corrected chi connectivity index (χ2v) is 8.73. The number of carbonyl (C=O) groups excluding carboxylic acids is 2. The number of halogens is 1. The standard InChI is InChI=1S/C18H20BrN3O4S/c1-11(13-4-6-14(19)7-5-13)20-18(24)16-10-15(21-12(2)23)8-9-17(16)22-27(3,25)26/h4-11,22H,1-3H3,(H,20,24)(H,21,23). The lowest BCUT2D eigenvalue weighted by Crippen LogP contribution is -2.28. The highest BCUT2D eigenvalue weighted by molar-refractivity contribution is 9.10. The second kappa shape index (κ2) is 8.53. The summed E-state index contributed by atoms with van der Waals surface area (Å²) in [6, 6.07) is 11.6. The monoisotopic (exact) mass is 453 g/mol. The zero-order chi connectivity index (χ0) is 20.2. The number of rotatable bonds is 6. The minimum atomic E-state index is -3.58. The van der Waals surface area contributed by atoms with E-state index in [1.165, 1.54) is 25.1 Å². The van der Waals surface area contributed by atoms with Gasteiger partial charge in [0.15, 0.2) is 0 Å². The van der Waals surface area contributed by atoms with Crippen molar-refractivity contribution >= 4 is 49.1 Å². The molecule has 0 aliphatic rings. The minimum absolute atomic E-state index is 0.107. The van der Waals surface area contributed by atoms with Crippen LogP contribution in [0.2, 0.25) is 0 Å². The van der Waals surface area contributed by atoms with Crippen LogP contribution in [0.25, 0.3) is 0 Å². The van der Waals surface area contributed by atoms with Gasteiger partial charge in [-0.25, -0.2) is 8.42 Å². The molecule has 144 valence electrons. The van der Waals surface area contributed by atoms with Crippen LogP contribution in [0.5, 0.6) is 0 Å². The van der Waals surface area contributed by atoms with Crippen LogP contribution in [0.15, 0.2) is 46.9 Å². The van der Waals surface area contributed by atoms with E-state index in [0.29, 0.717) is 5.69 Å². The molecular weight excluding hydrogens is 434 g/mol. The number of sulfonamides is 1. The summed E-state index contributed by atoms with van der Waals surface area (Å²) in [4.78, 5) is 24.0. The Kier molecular flexibility index (Phi) is 6.61. The first kappa shape index (κ1) is 20.9. The quantitative estimate of drug-likeness (QED) is 0.623. The Morgan fingerprint density at radius 1 is 1.07 bits per heavy atom. The van der Waals surface area contributed by atoms with Crippen molar-refractivity contribution in [2.24, 2.45) is 0 Å². The number of anilines is 2. The van der Waals surface area contributed by atoms with Gasteiger partial charge >= 0.3 is 0 Å². The third-order valence-corrected chi connectivity index (χ3v) is 4.72. The summed E-state index contributed by atoms with van der Waals surface area (Å²) in [5, 5.41) is 5.42. The molecule has 2 amide bonds. The van der Waals surface area contributed by atoms with Crippen LogP contribution >= 0.6 is 15.9 Å². The molecule has 0 radical (unpaired) electrons. The summed E-state index contributed by atoms with van der Waals surface area (Å²) >= 11 is 3.36. The van der Waals surface area contributed by atoms with Gasteiger partial charge in [0, 0.05) is 17.1 Å². The number of nitrogens with one attached hydrogen (secondary N) is 3. The zero-order valence-corrected chi connectivity index (χ0v) is 17.4. The summed E-state index contributed by atoms with van der Waals surface area (Å²) in [5.74, 6) is -0.766. The van der Waals surface area contributed by atoms with Crippen molar-refractivity contribution in [2.75, 3.05) is 16.3 Å². The van der Waals surface area contributed by atoms with Crippen LogP contribution in [-0.4, -0.2) is 26.5 Å². The Hall–Kier alpha value is -2.39. The van der Waals surface area contributed by atoms with E-state index in [2.05, 4.69) is 31.3 Å². The largest absolute Gasteiger partial charge is 0.345 e. The van der Waals surface area contributed by atoms with Crippen LogP contribution in [0.1, 0.15) is 35.8 Å². The topological polar surface area (TPSA) is 104 Å². The molecule has 2 rings (SSSR count). The fraction of sp³-hybridized carbons (Fsp3) is 0.222. The number of benzene rings is 2. The molecule has 0 aliphatic heterocycles. The van der Waals surface area contributed by atoms with Crippen molar-refractivity contribution < 1.29 is 18.0 Å². The third-order valence-electron chi connectivity index (χ3n) is 3.60. The van der Waals surface area contributed by atoms with Gasteiger partial charge in [0.2, 0.25) is 15.9 Å². The van der Waals surface area contributed by atoms with Crippen molar-refractivity contribution in [3.63, 3.8) is 0 Å². The molecule has 0 heterocycles. The van der Waals surface area contributed by atoms with E-state index in [-0.39, 0.29) is 23.2 Å². The molecule has 1 atom stereocenters. The van der Waals surface area contributed by atoms with E-state index in [1.54, 1.807) is 0 Å². The summed E-state index contributed by atoms with van der Waals surface area (Å²) in [6.45, 7) is 3.17. The van der Waals surface area contributed by atoms with Gasteiger partial charge in [0.1, 0.15) is 0 Å². The second-order valence-electron chi connectivity index (χ2n) is 6.06. The molecule has 2 aromatic carbocycles. The van der Waals surface area contributed by atoms with E-state index in [9.17, 15) is 18.0 Å². The van der Waals surface area contributed by atoms with Gasteiger partial charge in [-0.2, -0.15) is 0 Å². The lowest BCUT2D eigenvalue weighted by Gasteiger charge is -2.17. The van der Waals surface area contributed by atoms with Crippen LogP contribution in [0.4, 0.5) is 11.4 Å². The van der Waals surface area contributed by atoms with E-state index in [1.807, 2.05) is 31.2 Å². The van der Waals surface area contributed by atoms with Crippen molar-refractivity contribution in [1.82, 2.24) is 5.32 Å². The average Bonchev–Trinajstić information content (AvgIpc) is 2.55. The Bertz CT molecular complexity index is 959. The third kappa shape index (κ3) is 6.37. The van der Waals surface area contributed by atoms with Gasteiger partial charge in [0.05, 0.1) is 23.5 Å². The molecule has 27 heavy (non-hydrogen) atoms. The van der Waals surface area contributed by atoms with Gasteiger partial charge in [-0.3, -0.25) is 14.3 Å². The maximum Gasteiger partial charge on any atom is 0.253 e. The lowest BCUT2D eigenvalue weighted by molar-refractivity contribution is -0.114. The maximum atomic E-state index is 12.8. The highest BCUT2D eigenvalue weighted by atomic mass is 79.9. The van der Waals surface area contributed by atoms with Gasteiger partial charge in [-0.05, 0) is 42.8 Å². The molecule has 1 unspecified atom stereocenters. The summed E-state index contributed by atoms with van der Waals surface area (Å²) in [6.07, 6.45) is 1.00. The molecule has 9 heteroatoms. The van der Waals surface area contributed by atoms with Gasteiger partial charge in [-0.15, -0.1) is 0 Å². The molecule has 3 N–H and O–H groups in total. The first-order chi connectivity index (χ1) is 12.5. The van der Waals surface area contributed by atoms with E-state index in [4.69, 9.17) is 0 Å². The van der Waals surface area contributed by atoms with Gasteiger partial charge in [0.25, 0.3) is 5.91 Å². The smallest absolute Gasteiger partial charge is 0.253 e. The van der Waals surface area contributed by atoms with Crippen molar-refractivity contribution in [1.29, 1.82) is 0 Å². The predicted molar refractivity (Wildman–Crippen MR) is 109 cm³/mol.